The Morgan fingerprint density at radius 3 is 2.50 bits per heavy atom. The van der Waals surface area contributed by atoms with E-state index in [1.165, 1.54) is 9.80 Å². The van der Waals surface area contributed by atoms with E-state index in [9.17, 15) is 14.4 Å². The Labute approximate surface area is 181 Å². The Kier molecular flexibility index (Phi) is 6.10. The van der Waals surface area contributed by atoms with Crippen molar-refractivity contribution in [1.82, 2.24) is 25.3 Å². The lowest BCUT2D eigenvalue weighted by atomic mass is 9.95. The molecule has 3 rings (SSSR count). The fourth-order valence-electron chi connectivity index (χ4n) is 3.66. The first-order valence-electron chi connectivity index (χ1n) is 9.81. The van der Waals surface area contributed by atoms with Crippen molar-refractivity contribution in [3.8, 4) is 0 Å². The normalized spacial score (nSPS) is 19.4. The molecule has 2 aliphatic rings. The number of hydrogen-bond acceptors (Lipinski definition) is 4. The number of likely N-dealkylation sites (N-methyl/N-ethyl adjacent to an activating group) is 2. The zero-order valence-electron chi connectivity index (χ0n) is 18.0. The highest BCUT2D eigenvalue weighted by molar-refractivity contribution is 6.30. The molecule has 30 heavy (non-hydrogen) atoms. The number of urea groups is 1. The second-order valence-electron chi connectivity index (χ2n) is 8.36. The SMILES string of the molecule is CN(C)CCNC(=O)C(C)(C)N1CC2=C(C1=O)C(c1ccc(Cl)cc1)NC(=O)N2C. The molecule has 2 aliphatic heterocycles. The number of halogens is 1. The minimum Gasteiger partial charge on any atom is -0.353 e. The second kappa shape index (κ2) is 8.28. The molecule has 0 aliphatic carbocycles. The summed E-state index contributed by atoms with van der Waals surface area (Å²) in [7, 11) is 5.48. The monoisotopic (exact) mass is 433 g/mol. The molecule has 0 bridgehead atoms. The van der Waals surface area contributed by atoms with Gasteiger partial charge in [-0.05, 0) is 45.6 Å². The number of rotatable bonds is 6. The fourth-order valence-corrected chi connectivity index (χ4v) is 3.78. The predicted molar refractivity (Wildman–Crippen MR) is 115 cm³/mol. The second-order valence-corrected chi connectivity index (χ2v) is 8.80. The Balaban J connectivity index is 1.88. The maximum absolute atomic E-state index is 13.5. The van der Waals surface area contributed by atoms with Gasteiger partial charge >= 0.3 is 6.03 Å². The van der Waals surface area contributed by atoms with Crippen LogP contribution in [0.15, 0.2) is 35.5 Å². The van der Waals surface area contributed by atoms with E-state index in [0.717, 1.165) is 5.56 Å². The zero-order valence-corrected chi connectivity index (χ0v) is 18.7. The van der Waals surface area contributed by atoms with Crippen molar-refractivity contribution in [2.24, 2.45) is 0 Å². The smallest absolute Gasteiger partial charge is 0.322 e. The number of hydrogen-bond donors (Lipinski definition) is 2. The van der Waals surface area contributed by atoms with Crippen molar-refractivity contribution in [3.63, 3.8) is 0 Å². The topological polar surface area (TPSA) is 85.0 Å². The van der Waals surface area contributed by atoms with Crippen molar-refractivity contribution in [3.05, 3.63) is 46.1 Å². The molecule has 0 fully saturated rings. The zero-order chi connectivity index (χ0) is 22.2. The highest BCUT2D eigenvalue weighted by Gasteiger charge is 2.49. The van der Waals surface area contributed by atoms with Crippen LogP contribution in [0.2, 0.25) is 5.02 Å². The van der Waals surface area contributed by atoms with Crippen LogP contribution in [0.3, 0.4) is 0 Å². The lowest BCUT2D eigenvalue weighted by Gasteiger charge is -2.34. The third-order valence-corrected chi connectivity index (χ3v) is 5.89. The third kappa shape index (κ3) is 4.02. The molecule has 162 valence electrons. The summed E-state index contributed by atoms with van der Waals surface area (Å²) >= 11 is 5.99. The Morgan fingerprint density at radius 2 is 1.90 bits per heavy atom. The van der Waals surface area contributed by atoms with Crippen LogP contribution in [-0.4, -0.2) is 78.9 Å². The number of carbonyl (C=O) groups is 3. The standard InChI is InChI=1S/C21H28ClN5O3/c1-21(2,19(29)23-10-11-25(3)4)27-12-15-16(18(27)28)17(24-20(30)26(15)5)13-6-8-14(22)9-7-13/h6-9,17H,10-12H2,1-5H3,(H,23,29)(H,24,30). The van der Waals surface area contributed by atoms with E-state index >= 15 is 0 Å². The molecular formula is C21H28ClN5O3. The lowest BCUT2D eigenvalue weighted by Crippen LogP contribution is -2.56. The van der Waals surface area contributed by atoms with Crippen LogP contribution in [0.1, 0.15) is 25.5 Å². The van der Waals surface area contributed by atoms with Gasteiger partial charge in [-0.1, -0.05) is 23.7 Å². The van der Waals surface area contributed by atoms with E-state index in [1.54, 1.807) is 45.2 Å². The minimum absolute atomic E-state index is 0.191. The first-order valence-corrected chi connectivity index (χ1v) is 10.2. The van der Waals surface area contributed by atoms with Gasteiger partial charge in [0, 0.05) is 25.2 Å². The van der Waals surface area contributed by atoms with Crippen LogP contribution in [0.5, 0.6) is 0 Å². The molecule has 1 unspecified atom stereocenters. The molecular weight excluding hydrogens is 406 g/mol. The number of benzene rings is 1. The highest BCUT2D eigenvalue weighted by atomic mass is 35.5. The molecule has 8 nitrogen and oxygen atoms in total. The maximum Gasteiger partial charge on any atom is 0.322 e. The molecule has 2 N–H and O–H groups in total. The summed E-state index contributed by atoms with van der Waals surface area (Å²) in [6.45, 7) is 4.82. The summed E-state index contributed by atoms with van der Waals surface area (Å²) < 4.78 is 0. The summed E-state index contributed by atoms with van der Waals surface area (Å²) in [6.07, 6.45) is 0. The first kappa shape index (κ1) is 22.1. The van der Waals surface area contributed by atoms with Gasteiger partial charge in [-0.25, -0.2) is 4.79 Å². The largest absolute Gasteiger partial charge is 0.353 e. The van der Waals surface area contributed by atoms with Crippen LogP contribution >= 0.6 is 11.6 Å². The minimum atomic E-state index is -1.07. The van der Waals surface area contributed by atoms with Crippen LogP contribution < -0.4 is 10.6 Å². The van der Waals surface area contributed by atoms with Gasteiger partial charge in [-0.15, -0.1) is 0 Å². The summed E-state index contributed by atoms with van der Waals surface area (Å²) in [5.41, 5.74) is 0.776. The summed E-state index contributed by atoms with van der Waals surface area (Å²) in [5, 5.41) is 6.35. The number of amides is 4. The van der Waals surface area contributed by atoms with E-state index < -0.39 is 11.6 Å². The predicted octanol–water partition coefficient (Wildman–Crippen LogP) is 1.59. The summed E-state index contributed by atoms with van der Waals surface area (Å²) in [5.74, 6) is -0.493. The van der Waals surface area contributed by atoms with Crippen LogP contribution in [-0.2, 0) is 9.59 Å². The fraction of sp³-hybridized carbons (Fsp3) is 0.476. The molecule has 0 saturated carbocycles. The molecule has 1 atom stereocenters. The van der Waals surface area contributed by atoms with Crippen molar-refractivity contribution in [1.29, 1.82) is 0 Å². The molecule has 2 heterocycles. The quantitative estimate of drug-likeness (QED) is 0.713. The summed E-state index contributed by atoms with van der Waals surface area (Å²) in [6, 6.07) is 6.14. The lowest BCUT2D eigenvalue weighted by molar-refractivity contribution is -0.141. The average Bonchev–Trinajstić information content (AvgIpc) is 3.03. The Bertz CT molecular complexity index is 894. The maximum atomic E-state index is 13.5. The van der Waals surface area contributed by atoms with Gasteiger partial charge < -0.3 is 20.4 Å². The van der Waals surface area contributed by atoms with E-state index in [4.69, 9.17) is 11.6 Å². The van der Waals surface area contributed by atoms with Gasteiger partial charge in [-0.2, -0.15) is 0 Å². The van der Waals surface area contributed by atoms with Gasteiger partial charge in [0.05, 0.1) is 23.9 Å². The van der Waals surface area contributed by atoms with Gasteiger partial charge in [0.25, 0.3) is 5.91 Å². The average molecular weight is 434 g/mol. The van der Waals surface area contributed by atoms with E-state index in [0.29, 0.717) is 29.4 Å². The summed E-state index contributed by atoms with van der Waals surface area (Å²) in [4.78, 5) is 43.8. The highest BCUT2D eigenvalue weighted by Crippen LogP contribution is 2.38. The van der Waals surface area contributed by atoms with Gasteiger partial charge in [0.1, 0.15) is 5.54 Å². The van der Waals surface area contributed by atoms with E-state index in [1.807, 2.05) is 19.0 Å². The van der Waals surface area contributed by atoms with E-state index in [2.05, 4.69) is 10.6 Å². The van der Waals surface area contributed by atoms with Crippen LogP contribution in [0.25, 0.3) is 0 Å². The molecule has 1 aromatic carbocycles. The molecule has 9 heteroatoms. The molecule has 4 amide bonds. The molecule has 1 aromatic rings. The third-order valence-electron chi connectivity index (χ3n) is 5.64. The Morgan fingerprint density at radius 1 is 1.27 bits per heavy atom. The van der Waals surface area contributed by atoms with Gasteiger partial charge in [-0.3, -0.25) is 14.5 Å². The van der Waals surface area contributed by atoms with Crippen molar-refractivity contribution < 1.29 is 14.4 Å². The van der Waals surface area contributed by atoms with Crippen LogP contribution in [0, 0.1) is 0 Å². The van der Waals surface area contributed by atoms with Crippen molar-refractivity contribution >= 4 is 29.4 Å². The number of carbonyl (C=O) groups excluding carboxylic acids is 3. The molecule has 0 aromatic heterocycles. The molecule has 0 radical (unpaired) electrons. The van der Waals surface area contributed by atoms with Crippen molar-refractivity contribution in [2.45, 2.75) is 25.4 Å². The van der Waals surface area contributed by atoms with Crippen molar-refractivity contribution in [2.75, 3.05) is 40.8 Å². The van der Waals surface area contributed by atoms with E-state index in [-0.39, 0.29) is 24.4 Å². The number of nitrogens with zero attached hydrogens (tertiary/aromatic N) is 3. The molecule has 0 spiro atoms. The van der Waals surface area contributed by atoms with Gasteiger partial charge in [0.2, 0.25) is 5.91 Å². The Hall–Kier alpha value is -2.58. The van der Waals surface area contributed by atoms with Crippen LogP contribution in [0.4, 0.5) is 4.79 Å². The molecule has 0 saturated heterocycles. The first-order chi connectivity index (χ1) is 14.0. The number of nitrogens with one attached hydrogen (secondary N) is 2. The van der Waals surface area contributed by atoms with Gasteiger partial charge in [0.15, 0.2) is 0 Å².